The first-order valence-corrected chi connectivity index (χ1v) is 22.3. The standard InChI is InChI=1S/C60H37N3O3/c1-60(2)47-19-6-3-14-39(47)40-27-24-37(33-48(40)60)35-13-9-12-34(30-35)36-25-28-52-46(31-36)56-44(18-11-23-54(56)66-52)59-62-57(38-26-29-51-45(32-38)41-15-4-7-20-49(41)64-51)61-58(63-59)43-17-10-22-53-55(43)42-16-5-8-21-50(42)65-53/h3-33H,1-2H3. The molecular weight excluding hydrogens is 811 g/mol. The van der Waals surface area contributed by atoms with E-state index >= 15 is 0 Å². The molecule has 9 aromatic carbocycles. The highest BCUT2D eigenvalue weighted by molar-refractivity contribution is 6.14. The van der Waals surface area contributed by atoms with Gasteiger partial charge in [-0.3, -0.25) is 0 Å². The summed E-state index contributed by atoms with van der Waals surface area (Å²) in [6.45, 7) is 4.66. The quantitative estimate of drug-likeness (QED) is 0.172. The molecule has 0 aliphatic heterocycles. The second-order valence-corrected chi connectivity index (χ2v) is 17.9. The molecule has 4 aromatic heterocycles. The highest BCUT2D eigenvalue weighted by Crippen LogP contribution is 2.50. The average Bonchev–Trinajstić information content (AvgIpc) is 4.11. The number of hydrogen-bond acceptors (Lipinski definition) is 6. The number of furan rings is 3. The van der Waals surface area contributed by atoms with Gasteiger partial charge in [0.05, 0.1) is 0 Å². The molecule has 0 amide bonds. The van der Waals surface area contributed by atoms with Crippen molar-refractivity contribution in [2.75, 3.05) is 0 Å². The van der Waals surface area contributed by atoms with Gasteiger partial charge in [-0.05, 0) is 111 Å². The molecule has 14 rings (SSSR count). The van der Waals surface area contributed by atoms with Gasteiger partial charge in [0.25, 0.3) is 0 Å². The molecule has 0 fully saturated rings. The van der Waals surface area contributed by atoms with Gasteiger partial charge in [0, 0.05) is 54.4 Å². The number of fused-ring (bicyclic) bond motifs is 12. The Hall–Kier alpha value is -8.61. The van der Waals surface area contributed by atoms with Gasteiger partial charge in [-0.15, -0.1) is 0 Å². The third-order valence-corrected chi connectivity index (χ3v) is 13.8. The Balaban J connectivity index is 0.935. The fourth-order valence-corrected chi connectivity index (χ4v) is 10.5. The molecule has 4 heterocycles. The van der Waals surface area contributed by atoms with Crippen molar-refractivity contribution in [1.29, 1.82) is 0 Å². The van der Waals surface area contributed by atoms with Crippen molar-refractivity contribution in [2.24, 2.45) is 0 Å². The number of hydrogen-bond donors (Lipinski definition) is 0. The number of rotatable bonds is 5. The van der Waals surface area contributed by atoms with Crippen molar-refractivity contribution >= 4 is 65.8 Å². The minimum Gasteiger partial charge on any atom is -0.456 e. The van der Waals surface area contributed by atoms with Crippen LogP contribution in [0.4, 0.5) is 0 Å². The van der Waals surface area contributed by atoms with E-state index < -0.39 is 0 Å². The van der Waals surface area contributed by atoms with Crippen molar-refractivity contribution in [3.05, 3.63) is 199 Å². The van der Waals surface area contributed by atoms with Crippen molar-refractivity contribution in [1.82, 2.24) is 15.0 Å². The number of para-hydroxylation sites is 2. The summed E-state index contributed by atoms with van der Waals surface area (Å²) in [6.07, 6.45) is 0. The van der Waals surface area contributed by atoms with E-state index in [1.807, 2.05) is 72.8 Å². The van der Waals surface area contributed by atoms with Crippen LogP contribution in [0.15, 0.2) is 201 Å². The molecule has 66 heavy (non-hydrogen) atoms. The Morgan fingerprint density at radius 2 is 0.773 bits per heavy atom. The van der Waals surface area contributed by atoms with E-state index in [4.69, 9.17) is 28.2 Å². The zero-order chi connectivity index (χ0) is 43.7. The van der Waals surface area contributed by atoms with Crippen molar-refractivity contribution in [3.8, 4) is 67.5 Å². The van der Waals surface area contributed by atoms with Crippen LogP contribution in [0, 0.1) is 0 Å². The summed E-state index contributed by atoms with van der Waals surface area (Å²) >= 11 is 0. The largest absolute Gasteiger partial charge is 0.456 e. The average molecular weight is 848 g/mol. The van der Waals surface area contributed by atoms with Gasteiger partial charge in [0.2, 0.25) is 0 Å². The first-order valence-electron chi connectivity index (χ1n) is 22.3. The van der Waals surface area contributed by atoms with Crippen molar-refractivity contribution in [2.45, 2.75) is 19.3 Å². The van der Waals surface area contributed by atoms with Crippen LogP contribution in [0.5, 0.6) is 0 Å². The summed E-state index contributed by atoms with van der Waals surface area (Å²) in [7, 11) is 0. The molecule has 310 valence electrons. The first kappa shape index (κ1) is 36.8. The summed E-state index contributed by atoms with van der Waals surface area (Å²) in [5.41, 5.74) is 17.2. The molecule has 0 spiro atoms. The molecule has 0 atom stereocenters. The van der Waals surface area contributed by atoms with Crippen LogP contribution in [0.3, 0.4) is 0 Å². The lowest BCUT2D eigenvalue weighted by Crippen LogP contribution is -2.14. The lowest BCUT2D eigenvalue weighted by molar-refractivity contribution is 0.660. The summed E-state index contributed by atoms with van der Waals surface area (Å²) in [5, 5.41) is 5.93. The highest BCUT2D eigenvalue weighted by atomic mass is 16.3. The Labute approximate surface area is 378 Å². The summed E-state index contributed by atoms with van der Waals surface area (Å²) in [5.74, 6) is 1.64. The van der Waals surface area contributed by atoms with Gasteiger partial charge < -0.3 is 13.3 Å². The molecule has 0 saturated carbocycles. The number of aromatic nitrogens is 3. The minimum absolute atomic E-state index is 0.0754. The molecule has 0 saturated heterocycles. The Morgan fingerprint density at radius 3 is 1.53 bits per heavy atom. The monoisotopic (exact) mass is 847 g/mol. The molecule has 0 N–H and O–H groups in total. The summed E-state index contributed by atoms with van der Waals surface area (Å²) in [6, 6.07) is 65.6. The van der Waals surface area contributed by atoms with Gasteiger partial charge >= 0.3 is 0 Å². The van der Waals surface area contributed by atoms with E-state index in [1.165, 1.54) is 33.4 Å². The molecule has 1 aliphatic carbocycles. The predicted octanol–water partition coefficient (Wildman–Crippen LogP) is 16.2. The van der Waals surface area contributed by atoms with Gasteiger partial charge in [-0.2, -0.15) is 0 Å². The fourth-order valence-electron chi connectivity index (χ4n) is 10.5. The SMILES string of the molecule is CC1(C)c2ccccc2-c2ccc(-c3cccc(-c4ccc5oc6cccc(-c7nc(-c8ccc9oc%10ccccc%10c9c8)nc(-c8cccc9oc%10ccccc%10c89)n7)c6c5c4)c3)cc21. The third kappa shape index (κ3) is 5.45. The van der Waals surface area contributed by atoms with Gasteiger partial charge in [0.15, 0.2) is 17.5 Å². The lowest BCUT2D eigenvalue weighted by Gasteiger charge is -2.22. The Kier molecular flexibility index (Phi) is 7.64. The fraction of sp³-hybridized carbons (Fsp3) is 0.0500. The lowest BCUT2D eigenvalue weighted by atomic mass is 9.81. The van der Waals surface area contributed by atoms with E-state index in [9.17, 15) is 0 Å². The highest BCUT2D eigenvalue weighted by Gasteiger charge is 2.35. The maximum absolute atomic E-state index is 6.60. The zero-order valence-electron chi connectivity index (χ0n) is 36.0. The van der Waals surface area contributed by atoms with Crippen LogP contribution in [0.25, 0.3) is 133 Å². The maximum atomic E-state index is 6.60. The smallest absolute Gasteiger partial charge is 0.164 e. The molecule has 0 bridgehead atoms. The first-order chi connectivity index (χ1) is 32.4. The molecule has 13 aromatic rings. The van der Waals surface area contributed by atoms with E-state index in [0.29, 0.717) is 17.5 Å². The molecule has 0 radical (unpaired) electrons. The van der Waals surface area contributed by atoms with E-state index in [2.05, 4.69) is 129 Å². The van der Waals surface area contributed by atoms with Gasteiger partial charge in [-0.1, -0.05) is 135 Å². The summed E-state index contributed by atoms with van der Waals surface area (Å²) < 4.78 is 19.2. The Morgan fingerprint density at radius 1 is 0.303 bits per heavy atom. The number of nitrogens with zero attached hydrogens (tertiary/aromatic N) is 3. The second-order valence-electron chi connectivity index (χ2n) is 17.9. The zero-order valence-corrected chi connectivity index (χ0v) is 36.0. The minimum atomic E-state index is -0.0754. The maximum Gasteiger partial charge on any atom is 0.164 e. The van der Waals surface area contributed by atoms with Crippen LogP contribution in [-0.4, -0.2) is 15.0 Å². The topological polar surface area (TPSA) is 78.1 Å². The summed E-state index contributed by atoms with van der Waals surface area (Å²) in [4.78, 5) is 15.9. The molecule has 6 nitrogen and oxygen atoms in total. The van der Waals surface area contributed by atoms with E-state index in [-0.39, 0.29) is 5.41 Å². The van der Waals surface area contributed by atoms with Crippen LogP contribution in [-0.2, 0) is 5.41 Å². The van der Waals surface area contributed by atoms with Crippen LogP contribution in [0.2, 0.25) is 0 Å². The van der Waals surface area contributed by atoms with Crippen molar-refractivity contribution < 1.29 is 13.3 Å². The second kappa shape index (κ2) is 13.7. The van der Waals surface area contributed by atoms with Gasteiger partial charge in [-0.25, -0.2) is 15.0 Å². The van der Waals surface area contributed by atoms with Crippen molar-refractivity contribution in [3.63, 3.8) is 0 Å². The molecule has 0 unspecified atom stereocenters. The normalized spacial score (nSPS) is 13.1. The third-order valence-electron chi connectivity index (χ3n) is 13.8. The van der Waals surface area contributed by atoms with E-state index in [0.717, 1.165) is 93.6 Å². The van der Waals surface area contributed by atoms with Crippen LogP contribution < -0.4 is 0 Å². The predicted molar refractivity (Wildman–Crippen MR) is 266 cm³/mol. The van der Waals surface area contributed by atoms with Gasteiger partial charge in [0.1, 0.15) is 33.5 Å². The van der Waals surface area contributed by atoms with Crippen LogP contribution >= 0.6 is 0 Å². The van der Waals surface area contributed by atoms with Crippen LogP contribution in [0.1, 0.15) is 25.0 Å². The van der Waals surface area contributed by atoms with E-state index in [1.54, 1.807) is 0 Å². The number of benzene rings is 9. The molecular formula is C60H37N3O3. The Bertz CT molecular complexity index is 4170. The molecule has 6 heteroatoms. The molecule has 1 aliphatic rings.